The van der Waals surface area contributed by atoms with Gasteiger partial charge in [-0.3, -0.25) is 9.59 Å². The van der Waals surface area contributed by atoms with Crippen LogP contribution in [0.5, 0.6) is 0 Å². The molecule has 1 aromatic heterocycles. The van der Waals surface area contributed by atoms with Crippen LogP contribution < -0.4 is 10.6 Å². The zero-order valence-electron chi connectivity index (χ0n) is 16.0. The molecule has 1 aliphatic rings. The van der Waals surface area contributed by atoms with E-state index in [1.165, 1.54) is 11.3 Å². The Labute approximate surface area is 173 Å². The van der Waals surface area contributed by atoms with Gasteiger partial charge >= 0.3 is 0 Å². The number of carbonyl (C=O) groups excluding carboxylic acids is 3. The first-order valence-corrected chi connectivity index (χ1v) is 11.9. The molecule has 0 unspecified atom stereocenters. The molecule has 1 heterocycles. The zero-order chi connectivity index (χ0) is 20.0. The van der Waals surface area contributed by atoms with E-state index in [-0.39, 0.29) is 11.8 Å². The van der Waals surface area contributed by atoms with Crippen LogP contribution in [0.15, 0.2) is 29.6 Å². The lowest BCUT2D eigenvalue weighted by atomic mass is 9.80. The first-order chi connectivity index (χ1) is 13.6. The van der Waals surface area contributed by atoms with Gasteiger partial charge in [0, 0.05) is 5.39 Å². The van der Waals surface area contributed by atoms with E-state index < -0.39 is 11.6 Å². The Balaban J connectivity index is 1.80. The first kappa shape index (κ1) is 20.9. The molecule has 150 valence electrons. The van der Waals surface area contributed by atoms with Gasteiger partial charge in [0.2, 0.25) is 5.91 Å². The Bertz CT molecular complexity index is 843. The highest BCUT2D eigenvalue weighted by Crippen LogP contribution is 2.31. The minimum atomic E-state index is -0.943. The lowest BCUT2D eigenvalue weighted by molar-refractivity contribution is -0.130. The number of amides is 2. The predicted molar refractivity (Wildman–Crippen MR) is 116 cm³/mol. The highest BCUT2D eigenvalue weighted by Gasteiger charge is 2.42. The lowest BCUT2D eigenvalue weighted by Gasteiger charge is -2.37. The molecule has 0 bridgehead atoms. The standard InChI is InChI=1S/C21H26N2O3S2/c1-27-12-9-16(13-24)22-20(26)21(10-5-2-6-11-21)23-19(25)18-17-8-4-3-7-15(17)14-28-18/h3-4,7-8,13-14,16H,2,5-6,9-12H2,1H3,(H,22,26)(H,23,25)/t16-/m0/s1. The molecule has 0 radical (unpaired) electrons. The maximum atomic E-state index is 13.1. The van der Waals surface area contributed by atoms with Crippen LogP contribution in [0.25, 0.3) is 10.8 Å². The highest BCUT2D eigenvalue weighted by atomic mass is 32.2. The van der Waals surface area contributed by atoms with Crippen LogP contribution in [-0.4, -0.2) is 41.7 Å². The fraction of sp³-hybridized carbons (Fsp3) is 0.476. The Morgan fingerprint density at radius 1 is 1.25 bits per heavy atom. The molecule has 1 aromatic carbocycles. The number of rotatable bonds is 8. The summed E-state index contributed by atoms with van der Waals surface area (Å²) in [4.78, 5) is 38.2. The van der Waals surface area contributed by atoms with Crippen molar-refractivity contribution in [2.75, 3.05) is 12.0 Å². The van der Waals surface area contributed by atoms with Gasteiger partial charge in [0.15, 0.2) is 0 Å². The zero-order valence-corrected chi connectivity index (χ0v) is 17.7. The third-order valence-electron chi connectivity index (χ3n) is 5.32. The quantitative estimate of drug-likeness (QED) is 0.640. The van der Waals surface area contributed by atoms with Gasteiger partial charge < -0.3 is 15.4 Å². The van der Waals surface area contributed by atoms with Gasteiger partial charge in [0.25, 0.3) is 5.91 Å². The highest BCUT2D eigenvalue weighted by molar-refractivity contribution is 7.98. The monoisotopic (exact) mass is 418 g/mol. The van der Waals surface area contributed by atoms with Crippen LogP contribution >= 0.6 is 23.1 Å². The normalized spacial score (nSPS) is 17.0. The van der Waals surface area contributed by atoms with Gasteiger partial charge in [-0.25, -0.2) is 0 Å². The van der Waals surface area contributed by atoms with Crippen molar-refractivity contribution in [3.63, 3.8) is 0 Å². The summed E-state index contributed by atoms with van der Waals surface area (Å²) >= 11 is 3.04. The summed E-state index contributed by atoms with van der Waals surface area (Å²) in [5.74, 6) is 0.346. The summed E-state index contributed by atoms with van der Waals surface area (Å²) < 4.78 is 0. The number of nitrogens with one attached hydrogen (secondary N) is 2. The molecule has 28 heavy (non-hydrogen) atoms. The van der Waals surface area contributed by atoms with Crippen molar-refractivity contribution in [1.82, 2.24) is 10.6 Å². The van der Waals surface area contributed by atoms with Crippen molar-refractivity contribution >= 4 is 52.0 Å². The molecule has 0 aliphatic heterocycles. The van der Waals surface area contributed by atoms with Crippen molar-refractivity contribution in [3.8, 4) is 0 Å². The predicted octanol–water partition coefficient (Wildman–Crippen LogP) is 3.77. The van der Waals surface area contributed by atoms with Crippen molar-refractivity contribution < 1.29 is 14.4 Å². The molecular formula is C21H26N2O3S2. The molecule has 1 atom stereocenters. The van der Waals surface area contributed by atoms with Crippen molar-refractivity contribution in [2.45, 2.75) is 50.1 Å². The van der Waals surface area contributed by atoms with Gasteiger partial charge in [-0.05, 0) is 42.0 Å². The molecule has 1 aliphatic carbocycles. The number of hydrogen-bond acceptors (Lipinski definition) is 5. The molecule has 2 amide bonds. The molecule has 2 N–H and O–H groups in total. The van der Waals surface area contributed by atoms with E-state index in [1.807, 2.05) is 35.9 Å². The average molecular weight is 419 g/mol. The van der Waals surface area contributed by atoms with E-state index in [2.05, 4.69) is 10.6 Å². The maximum absolute atomic E-state index is 13.1. The average Bonchev–Trinajstić information content (AvgIpc) is 3.16. The summed E-state index contributed by atoms with van der Waals surface area (Å²) in [5, 5.41) is 9.81. The van der Waals surface area contributed by atoms with Crippen LogP contribution in [0.3, 0.4) is 0 Å². The van der Waals surface area contributed by atoms with Crippen LogP contribution in [0.1, 0.15) is 48.2 Å². The molecule has 2 aromatic rings. The van der Waals surface area contributed by atoms with Crippen LogP contribution in [0.4, 0.5) is 0 Å². The number of fused-ring (bicyclic) bond motifs is 1. The van der Waals surface area contributed by atoms with E-state index in [1.54, 1.807) is 11.8 Å². The van der Waals surface area contributed by atoms with Gasteiger partial charge in [-0.15, -0.1) is 11.3 Å². The molecule has 1 saturated carbocycles. The number of benzene rings is 1. The Morgan fingerprint density at radius 3 is 2.71 bits per heavy atom. The van der Waals surface area contributed by atoms with Crippen molar-refractivity contribution in [1.29, 1.82) is 0 Å². The number of thioether (sulfide) groups is 1. The summed E-state index contributed by atoms with van der Waals surface area (Å²) in [6.07, 6.45) is 7.37. The van der Waals surface area contributed by atoms with Crippen molar-refractivity contribution in [3.05, 3.63) is 34.5 Å². The number of thiophene rings is 1. The molecule has 5 nitrogen and oxygen atoms in total. The van der Waals surface area contributed by atoms with E-state index in [9.17, 15) is 14.4 Å². The molecule has 0 spiro atoms. The Morgan fingerprint density at radius 2 is 2.00 bits per heavy atom. The fourth-order valence-electron chi connectivity index (χ4n) is 3.73. The second-order valence-electron chi connectivity index (χ2n) is 7.25. The van der Waals surface area contributed by atoms with E-state index in [0.29, 0.717) is 24.1 Å². The second-order valence-corrected chi connectivity index (χ2v) is 9.11. The van der Waals surface area contributed by atoms with E-state index in [0.717, 1.165) is 42.1 Å². The summed E-state index contributed by atoms with van der Waals surface area (Å²) in [7, 11) is 0. The number of aldehydes is 1. The molecule has 1 fully saturated rings. The van der Waals surface area contributed by atoms with Gasteiger partial charge in [-0.1, -0.05) is 43.5 Å². The maximum Gasteiger partial charge on any atom is 0.262 e. The largest absolute Gasteiger partial charge is 0.345 e. The summed E-state index contributed by atoms with van der Waals surface area (Å²) in [6.45, 7) is 0. The van der Waals surface area contributed by atoms with Gasteiger partial charge in [-0.2, -0.15) is 11.8 Å². The Hall–Kier alpha value is -1.86. The minimum Gasteiger partial charge on any atom is -0.345 e. The third-order valence-corrected chi connectivity index (χ3v) is 6.98. The SMILES string of the molecule is CSCC[C@@H](C=O)NC(=O)C1(NC(=O)c2scc3ccccc23)CCCCC1. The fourth-order valence-corrected chi connectivity index (χ4v) is 5.14. The first-order valence-electron chi connectivity index (χ1n) is 9.63. The molecule has 0 saturated heterocycles. The van der Waals surface area contributed by atoms with E-state index >= 15 is 0 Å². The smallest absolute Gasteiger partial charge is 0.262 e. The van der Waals surface area contributed by atoms with Crippen LogP contribution in [0.2, 0.25) is 0 Å². The van der Waals surface area contributed by atoms with Gasteiger partial charge in [0.05, 0.1) is 10.9 Å². The van der Waals surface area contributed by atoms with E-state index in [4.69, 9.17) is 0 Å². The second kappa shape index (κ2) is 9.56. The molecule has 3 rings (SSSR count). The molecular weight excluding hydrogens is 392 g/mol. The number of carbonyl (C=O) groups is 3. The topological polar surface area (TPSA) is 75.3 Å². The van der Waals surface area contributed by atoms with Crippen LogP contribution in [0, 0.1) is 0 Å². The minimum absolute atomic E-state index is 0.213. The van der Waals surface area contributed by atoms with Crippen molar-refractivity contribution in [2.24, 2.45) is 0 Å². The Kier molecular flexibility index (Phi) is 7.13. The summed E-state index contributed by atoms with van der Waals surface area (Å²) in [5.41, 5.74) is -0.943. The lowest BCUT2D eigenvalue weighted by Crippen LogP contribution is -2.61. The van der Waals surface area contributed by atoms with Gasteiger partial charge in [0.1, 0.15) is 11.8 Å². The summed E-state index contributed by atoms with van der Waals surface area (Å²) in [6, 6.07) is 7.25. The molecule has 7 heteroatoms. The third kappa shape index (κ3) is 4.58. The number of hydrogen-bond donors (Lipinski definition) is 2. The van der Waals surface area contributed by atoms with Crippen LogP contribution in [-0.2, 0) is 9.59 Å².